The van der Waals surface area contributed by atoms with E-state index in [0.29, 0.717) is 0 Å². The fourth-order valence-electron chi connectivity index (χ4n) is 2.03. The topological polar surface area (TPSA) is 0 Å². The second kappa shape index (κ2) is 4.18. The number of benzene rings is 1. The van der Waals surface area contributed by atoms with Gasteiger partial charge in [0.1, 0.15) is 0 Å². The summed E-state index contributed by atoms with van der Waals surface area (Å²) >= 11 is 5.97. The van der Waals surface area contributed by atoms with Crippen molar-refractivity contribution < 1.29 is 0 Å². The average molecular weight is 207 g/mol. The number of allylic oxidation sites excluding steroid dienone is 1. The monoisotopic (exact) mass is 206 g/mol. The summed E-state index contributed by atoms with van der Waals surface area (Å²) in [5.74, 6) is 0. The van der Waals surface area contributed by atoms with E-state index < -0.39 is 0 Å². The summed E-state index contributed by atoms with van der Waals surface area (Å²) in [5, 5.41) is 0.845. The van der Waals surface area contributed by atoms with Crippen LogP contribution in [-0.2, 0) is 6.42 Å². The number of hydrogen-bond donors (Lipinski definition) is 0. The molecule has 0 radical (unpaired) electrons. The second-order valence-corrected chi connectivity index (χ2v) is 4.33. The van der Waals surface area contributed by atoms with E-state index in [-0.39, 0.29) is 0 Å². The molecule has 0 unspecified atom stereocenters. The van der Waals surface area contributed by atoms with Crippen LogP contribution >= 0.6 is 11.6 Å². The minimum Gasteiger partial charge on any atom is -0.0843 e. The molecule has 1 heteroatoms. The fourth-order valence-corrected chi connectivity index (χ4v) is 2.21. The SMILES string of the molecule is CCCC1=Cc2cc(Cl)ccc2CC1. The normalized spacial score (nSPS) is 14.9. The van der Waals surface area contributed by atoms with Crippen LogP contribution in [0.25, 0.3) is 6.08 Å². The van der Waals surface area contributed by atoms with Gasteiger partial charge in [0.2, 0.25) is 0 Å². The van der Waals surface area contributed by atoms with Gasteiger partial charge < -0.3 is 0 Å². The van der Waals surface area contributed by atoms with Crippen LogP contribution in [0.5, 0.6) is 0 Å². The zero-order valence-corrected chi connectivity index (χ0v) is 9.27. The molecular weight excluding hydrogens is 192 g/mol. The van der Waals surface area contributed by atoms with Crippen molar-refractivity contribution in [3.63, 3.8) is 0 Å². The van der Waals surface area contributed by atoms with Gasteiger partial charge in [-0.15, -0.1) is 0 Å². The van der Waals surface area contributed by atoms with Crippen LogP contribution in [-0.4, -0.2) is 0 Å². The number of hydrogen-bond acceptors (Lipinski definition) is 0. The van der Waals surface area contributed by atoms with Crippen LogP contribution in [0.3, 0.4) is 0 Å². The zero-order valence-electron chi connectivity index (χ0n) is 8.52. The summed E-state index contributed by atoms with van der Waals surface area (Å²) in [5.41, 5.74) is 4.34. The highest BCUT2D eigenvalue weighted by molar-refractivity contribution is 6.30. The van der Waals surface area contributed by atoms with Crippen LogP contribution < -0.4 is 0 Å². The predicted octanol–water partition coefficient (Wildman–Crippen LogP) is 4.47. The Morgan fingerprint density at radius 3 is 2.93 bits per heavy atom. The van der Waals surface area contributed by atoms with E-state index in [1.54, 1.807) is 5.57 Å². The van der Waals surface area contributed by atoms with Gasteiger partial charge in [-0.1, -0.05) is 42.7 Å². The highest BCUT2D eigenvalue weighted by Crippen LogP contribution is 2.28. The van der Waals surface area contributed by atoms with Gasteiger partial charge in [0, 0.05) is 5.02 Å². The molecule has 0 saturated carbocycles. The van der Waals surface area contributed by atoms with Crippen molar-refractivity contribution in [3.8, 4) is 0 Å². The van der Waals surface area contributed by atoms with Crippen molar-refractivity contribution in [2.24, 2.45) is 0 Å². The third-order valence-corrected chi connectivity index (χ3v) is 2.99. The number of fused-ring (bicyclic) bond motifs is 1. The molecule has 0 spiro atoms. The maximum absolute atomic E-state index is 5.97. The number of halogens is 1. The standard InChI is InChI=1S/C13H15Cl/c1-2-3-10-4-5-11-6-7-13(14)9-12(11)8-10/h6-9H,2-5H2,1H3. The van der Waals surface area contributed by atoms with E-state index in [1.165, 1.54) is 36.8 Å². The lowest BCUT2D eigenvalue weighted by Gasteiger charge is -2.16. The van der Waals surface area contributed by atoms with Crippen LogP contribution in [0.2, 0.25) is 5.02 Å². The van der Waals surface area contributed by atoms with Crippen LogP contribution in [0.15, 0.2) is 23.8 Å². The molecule has 0 aromatic heterocycles. The zero-order chi connectivity index (χ0) is 9.97. The van der Waals surface area contributed by atoms with Gasteiger partial charge in [0.05, 0.1) is 0 Å². The van der Waals surface area contributed by atoms with Crippen LogP contribution in [0.1, 0.15) is 37.3 Å². The molecule has 0 amide bonds. The Bertz CT molecular complexity index is 363. The van der Waals surface area contributed by atoms with E-state index in [9.17, 15) is 0 Å². The molecule has 0 N–H and O–H groups in total. The van der Waals surface area contributed by atoms with Crippen LogP contribution in [0.4, 0.5) is 0 Å². The molecule has 0 saturated heterocycles. The summed E-state index contributed by atoms with van der Waals surface area (Å²) < 4.78 is 0. The molecular formula is C13H15Cl. The summed E-state index contributed by atoms with van der Waals surface area (Å²) in [4.78, 5) is 0. The van der Waals surface area contributed by atoms with Gasteiger partial charge in [0.25, 0.3) is 0 Å². The Morgan fingerprint density at radius 1 is 1.29 bits per heavy atom. The maximum atomic E-state index is 5.97. The van der Waals surface area contributed by atoms with Gasteiger partial charge in [-0.25, -0.2) is 0 Å². The Labute approximate surface area is 90.6 Å². The first-order valence-electron chi connectivity index (χ1n) is 5.27. The van der Waals surface area contributed by atoms with E-state index in [4.69, 9.17) is 11.6 Å². The van der Waals surface area contributed by atoms with Gasteiger partial charge in [-0.05, 0) is 42.5 Å². The smallest absolute Gasteiger partial charge is 0.0412 e. The predicted molar refractivity (Wildman–Crippen MR) is 62.7 cm³/mol. The largest absolute Gasteiger partial charge is 0.0843 e. The van der Waals surface area contributed by atoms with Gasteiger partial charge in [-0.2, -0.15) is 0 Å². The maximum Gasteiger partial charge on any atom is 0.0412 e. The third-order valence-electron chi connectivity index (χ3n) is 2.75. The molecule has 0 heterocycles. The molecule has 0 atom stereocenters. The van der Waals surface area contributed by atoms with Crippen molar-refractivity contribution in [2.75, 3.05) is 0 Å². The molecule has 2 rings (SSSR count). The van der Waals surface area contributed by atoms with Crippen molar-refractivity contribution in [2.45, 2.75) is 32.6 Å². The van der Waals surface area contributed by atoms with E-state index in [1.807, 2.05) is 6.07 Å². The Hall–Kier alpha value is -0.750. The first-order valence-corrected chi connectivity index (χ1v) is 5.65. The molecule has 14 heavy (non-hydrogen) atoms. The lowest BCUT2D eigenvalue weighted by atomic mass is 9.90. The van der Waals surface area contributed by atoms with Gasteiger partial charge in [0.15, 0.2) is 0 Å². The molecule has 0 nitrogen and oxygen atoms in total. The molecule has 0 fully saturated rings. The fraction of sp³-hybridized carbons (Fsp3) is 0.385. The lowest BCUT2D eigenvalue weighted by molar-refractivity contribution is 0.814. The number of aryl methyl sites for hydroxylation is 1. The van der Waals surface area contributed by atoms with E-state index in [0.717, 1.165) is 5.02 Å². The van der Waals surface area contributed by atoms with Gasteiger partial charge in [-0.3, -0.25) is 0 Å². The Balaban J connectivity index is 2.32. The molecule has 1 aliphatic rings. The molecule has 1 aromatic carbocycles. The summed E-state index contributed by atoms with van der Waals surface area (Å²) in [6.45, 7) is 2.23. The third kappa shape index (κ3) is 2.01. The molecule has 0 aliphatic heterocycles. The van der Waals surface area contributed by atoms with Crippen LogP contribution in [0, 0.1) is 0 Å². The average Bonchev–Trinajstić information content (AvgIpc) is 2.17. The minimum atomic E-state index is 0.845. The highest BCUT2D eigenvalue weighted by atomic mass is 35.5. The van der Waals surface area contributed by atoms with Crippen molar-refractivity contribution in [3.05, 3.63) is 39.9 Å². The minimum absolute atomic E-state index is 0.845. The molecule has 0 bridgehead atoms. The first kappa shape index (κ1) is 9.79. The summed E-state index contributed by atoms with van der Waals surface area (Å²) in [7, 11) is 0. The summed E-state index contributed by atoms with van der Waals surface area (Å²) in [6, 6.07) is 6.21. The summed E-state index contributed by atoms with van der Waals surface area (Å²) in [6.07, 6.45) is 7.18. The van der Waals surface area contributed by atoms with Crippen molar-refractivity contribution in [1.29, 1.82) is 0 Å². The van der Waals surface area contributed by atoms with Gasteiger partial charge >= 0.3 is 0 Å². The molecule has 74 valence electrons. The second-order valence-electron chi connectivity index (χ2n) is 3.90. The molecule has 1 aliphatic carbocycles. The lowest BCUT2D eigenvalue weighted by Crippen LogP contribution is -1.98. The van der Waals surface area contributed by atoms with E-state index in [2.05, 4.69) is 25.1 Å². The Morgan fingerprint density at radius 2 is 2.14 bits per heavy atom. The quantitative estimate of drug-likeness (QED) is 0.670. The molecule has 1 aromatic rings. The van der Waals surface area contributed by atoms with Crippen molar-refractivity contribution in [1.82, 2.24) is 0 Å². The first-order chi connectivity index (χ1) is 6.79. The van der Waals surface area contributed by atoms with E-state index >= 15 is 0 Å². The Kier molecular flexibility index (Phi) is 2.93. The highest BCUT2D eigenvalue weighted by Gasteiger charge is 2.09. The van der Waals surface area contributed by atoms with Crippen molar-refractivity contribution >= 4 is 17.7 Å². The number of rotatable bonds is 2.